The fourth-order valence-corrected chi connectivity index (χ4v) is 4.66. The lowest BCUT2D eigenvalue weighted by atomic mass is 9.73. The van der Waals surface area contributed by atoms with Crippen molar-refractivity contribution in [3.63, 3.8) is 0 Å². The highest BCUT2D eigenvalue weighted by atomic mass is 32.1. The highest BCUT2D eigenvalue weighted by molar-refractivity contribution is 7.09. The topological polar surface area (TPSA) is 23.6 Å². The summed E-state index contributed by atoms with van der Waals surface area (Å²) < 4.78 is 0. The lowest BCUT2D eigenvalue weighted by Crippen LogP contribution is -2.47. The van der Waals surface area contributed by atoms with Crippen LogP contribution in [0.1, 0.15) is 23.3 Å². The van der Waals surface area contributed by atoms with Crippen molar-refractivity contribution in [1.29, 1.82) is 0 Å². The van der Waals surface area contributed by atoms with Crippen LogP contribution in [0.25, 0.3) is 0 Å². The van der Waals surface area contributed by atoms with Crippen LogP contribution in [0.15, 0.2) is 41.8 Å². The van der Waals surface area contributed by atoms with Crippen LogP contribution in [-0.4, -0.2) is 30.9 Å². The van der Waals surface area contributed by atoms with Gasteiger partial charge in [0.2, 0.25) is 5.91 Å². The Hall–Kier alpha value is -1.65. The van der Waals surface area contributed by atoms with Crippen LogP contribution in [0.5, 0.6) is 0 Å². The molecule has 1 spiro atoms. The van der Waals surface area contributed by atoms with Crippen molar-refractivity contribution in [2.45, 2.75) is 24.8 Å². The number of piperidine rings is 1. The van der Waals surface area contributed by atoms with E-state index in [1.54, 1.807) is 0 Å². The first-order valence-electron chi connectivity index (χ1n) is 7.83. The van der Waals surface area contributed by atoms with Crippen LogP contribution in [-0.2, 0) is 16.8 Å². The summed E-state index contributed by atoms with van der Waals surface area (Å²) >= 11 is 1.81. The summed E-state index contributed by atoms with van der Waals surface area (Å²) in [6.45, 7) is 3.00. The number of likely N-dealkylation sites (N-methyl/N-ethyl adjacent to an activating group) is 1. The molecule has 4 rings (SSSR count). The molecule has 0 saturated carbocycles. The number of hydrogen-bond donors (Lipinski definition) is 0. The van der Waals surface area contributed by atoms with E-state index in [2.05, 4.69) is 40.6 Å². The second-order valence-electron chi connectivity index (χ2n) is 6.32. The zero-order valence-electron chi connectivity index (χ0n) is 12.8. The molecule has 0 aliphatic carbocycles. The summed E-state index contributed by atoms with van der Waals surface area (Å²) in [6, 6.07) is 12.6. The Morgan fingerprint density at radius 3 is 2.64 bits per heavy atom. The van der Waals surface area contributed by atoms with E-state index in [-0.39, 0.29) is 11.3 Å². The van der Waals surface area contributed by atoms with Gasteiger partial charge in [-0.05, 0) is 49.0 Å². The van der Waals surface area contributed by atoms with E-state index >= 15 is 0 Å². The molecule has 114 valence electrons. The largest absolute Gasteiger partial charge is 0.314 e. The van der Waals surface area contributed by atoms with Crippen molar-refractivity contribution in [3.05, 3.63) is 52.2 Å². The van der Waals surface area contributed by atoms with Gasteiger partial charge in [-0.25, -0.2) is 0 Å². The van der Waals surface area contributed by atoms with Gasteiger partial charge in [0.1, 0.15) is 0 Å². The van der Waals surface area contributed by atoms with Gasteiger partial charge in [0.15, 0.2) is 0 Å². The molecule has 2 aromatic rings. The Bertz CT molecular complexity index is 687. The SMILES string of the molecule is CN1C(=O)C2(CCN(Cc3cccs3)CC2)c2ccccc21. The van der Waals surface area contributed by atoms with Crippen LogP contribution in [0, 0.1) is 0 Å². The second kappa shape index (κ2) is 5.21. The van der Waals surface area contributed by atoms with Gasteiger partial charge < -0.3 is 4.90 Å². The third-order valence-corrected chi connectivity index (χ3v) is 6.03. The van der Waals surface area contributed by atoms with Gasteiger partial charge in [-0.3, -0.25) is 9.69 Å². The molecule has 0 atom stereocenters. The summed E-state index contributed by atoms with van der Waals surface area (Å²) in [4.78, 5) is 18.6. The van der Waals surface area contributed by atoms with Crippen LogP contribution in [0.2, 0.25) is 0 Å². The van der Waals surface area contributed by atoms with E-state index < -0.39 is 0 Å². The molecule has 1 aromatic carbocycles. The number of benzene rings is 1. The fraction of sp³-hybridized carbons (Fsp3) is 0.389. The Morgan fingerprint density at radius 2 is 1.91 bits per heavy atom. The van der Waals surface area contributed by atoms with Crippen molar-refractivity contribution >= 4 is 22.9 Å². The number of para-hydroxylation sites is 1. The molecular formula is C18H20N2OS. The highest BCUT2D eigenvalue weighted by Crippen LogP contribution is 2.47. The van der Waals surface area contributed by atoms with E-state index in [1.807, 2.05) is 29.4 Å². The average Bonchev–Trinajstić information content (AvgIpc) is 3.13. The lowest BCUT2D eigenvalue weighted by Gasteiger charge is -2.38. The fourth-order valence-electron chi connectivity index (χ4n) is 3.92. The van der Waals surface area contributed by atoms with Gasteiger partial charge >= 0.3 is 0 Å². The van der Waals surface area contributed by atoms with E-state index in [1.165, 1.54) is 10.4 Å². The maximum Gasteiger partial charge on any atom is 0.237 e. The molecule has 0 unspecified atom stereocenters. The number of thiophene rings is 1. The smallest absolute Gasteiger partial charge is 0.237 e. The highest BCUT2D eigenvalue weighted by Gasteiger charge is 2.50. The molecule has 4 heteroatoms. The maximum absolute atomic E-state index is 12.9. The third-order valence-electron chi connectivity index (χ3n) is 5.16. The molecule has 1 saturated heterocycles. The van der Waals surface area contributed by atoms with Gasteiger partial charge in [-0.1, -0.05) is 24.3 Å². The first-order chi connectivity index (χ1) is 10.7. The molecule has 2 aliphatic heterocycles. The van der Waals surface area contributed by atoms with E-state index in [0.29, 0.717) is 0 Å². The van der Waals surface area contributed by atoms with Gasteiger partial charge in [0, 0.05) is 24.2 Å². The number of carbonyl (C=O) groups is 1. The van der Waals surface area contributed by atoms with Crippen LogP contribution < -0.4 is 4.90 Å². The maximum atomic E-state index is 12.9. The van der Waals surface area contributed by atoms with Crippen LogP contribution in [0.4, 0.5) is 5.69 Å². The number of nitrogens with zero attached hydrogens (tertiary/aromatic N) is 2. The Labute approximate surface area is 135 Å². The molecule has 3 nitrogen and oxygen atoms in total. The summed E-state index contributed by atoms with van der Waals surface area (Å²) in [6.07, 6.45) is 1.86. The number of rotatable bonds is 2. The predicted octanol–water partition coefficient (Wildman–Crippen LogP) is 3.26. The molecule has 22 heavy (non-hydrogen) atoms. The summed E-state index contributed by atoms with van der Waals surface area (Å²) in [5.74, 6) is 0.282. The van der Waals surface area contributed by atoms with Gasteiger partial charge in [-0.15, -0.1) is 11.3 Å². The molecule has 0 radical (unpaired) electrons. The number of hydrogen-bond acceptors (Lipinski definition) is 3. The van der Waals surface area contributed by atoms with Crippen molar-refractivity contribution < 1.29 is 4.79 Å². The minimum absolute atomic E-state index is 0.280. The molecule has 1 fully saturated rings. The van der Waals surface area contributed by atoms with Crippen molar-refractivity contribution in [2.75, 3.05) is 25.0 Å². The first-order valence-corrected chi connectivity index (χ1v) is 8.71. The molecule has 0 bridgehead atoms. The van der Waals surface area contributed by atoms with Crippen molar-refractivity contribution in [1.82, 2.24) is 4.90 Å². The molecule has 3 heterocycles. The standard InChI is InChI=1S/C18H20N2OS/c1-19-16-7-3-2-6-15(16)18(17(19)21)8-10-20(11-9-18)13-14-5-4-12-22-14/h2-7,12H,8-11,13H2,1H3. The monoisotopic (exact) mass is 312 g/mol. The van der Waals surface area contributed by atoms with E-state index in [9.17, 15) is 4.79 Å². The molecule has 1 amide bonds. The zero-order chi connectivity index (χ0) is 15.2. The molecule has 1 aromatic heterocycles. The van der Waals surface area contributed by atoms with Gasteiger partial charge in [0.05, 0.1) is 5.41 Å². The zero-order valence-corrected chi connectivity index (χ0v) is 13.6. The quantitative estimate of drug-likeness (QED) is 0.850. The minimum Gasteiger partial charge on any atom is -0.314 e. The summed E-state index contributed by atoms with van der Waals surface area (Å²) in [7, 11) is 1.91. The first kappa shape index (κ1) is 14.0. The molecule has 0 N–H and O–H groups in total. The molecule has 2 aliphatic rings. The number of anilines is 1. The van der Waals surface area contributed by atoms with Gasteiger partial charge in [0.25, 0.3) is 0 Å². The predicted molar refractivity (Wildman–Crippen MR) is 90.4 cm³/mol. The Kier molecular flexibility index (Phi) is 3.31. The number of amides is 1. The Morgan fingerprint density at radius 1 is 1.14 bits per heavy atom. The van der Waals surface area contributed by atoms with E-state index in [0.717, 1.165) is 38.2 Å². The number of carbonyl (C=O) groups excluding carboxylic acids is 1. The lowest BCUT2D eigenvalue weighted by molar-refractivity contribution is -0.124. The van der Waals surface area contributed by atoms with E-state index in [4.69, 9.17) is 0 Å². The second-order valence-corrected chi connectivity index (χ2v) is 7.35. The van der Waals surface area contributed by atoms with Crippen LogP contribution >= 0.6 is 11.3 Å². The third kappa shape index (κ3) is 2.02. The van der Waals surface area contributed by atoms with Crippen molar-refractivity contribution in [3.8, 4) is 0 Å². The minimum atomic E-state index is -0.280. The normalized spacial score (nSPS) is 20.6. The van der Waals surface area contributed by atoms with Crippen molar-refractivity contribution in [2.24, 2.45) is 0 Å². The number of fused-ring (bicyclic) bond motifs is 2. The molecular weight excluding hydrogens is 292 g/mol. The number of likely N-dealkylation sites (tertiary alicyclic amines) is 1. The summed E-state index contributed by atoms with van der Waals surface area (Å²) in [5, 5.41) is 2.13. The Balaban J connectivity index is 1.56. The van der Waals surface area contributed by atoms with Gasteiger partial charge in [-0.2, -0.15) is 0 Å². The summed E-state index contributed by atoms with van der Waals surface area (Å²) in [5.41, 5.74) is 2.05. The van der Waals surface area contributed by atoms with Crippen LogP contribution in [0.3, 0.4) is 0 Å². The average molecular weight is 312 g/mol.